The Labute approximate surface area is 198 Å². The van der Waals surface area contributed by atoms with Crippen LogP contribution in [0.3, 0.4) is 0 Å². The van der Waals surface area contributed by atoms with E-state index in [1.807, 2.05) is 0 Å². The van der Waals surface area contributed by atoms with E-state index in [2.05, 4.69) is 91.7 Å². The molecule has 0 aromatic heterocycles. The van der Waals surface area contributed by atoms with E-state index in [-0.39, 0.29) is 17.1 Å². The van der Waals surface area contributed by atoms with Gasteiger partial charge in [-0.1, -0.05) is 60.7 Å². The number of benzene rings is 2. The van der Waals surface area contributed by atoms with E-state index in [9.17, 15) is 0 Å². The quantitative estimate of drug-likeness (QED) is 0.474. The maximum absolute atomic E-state index is 3.59. The number of hydrogen-bond acceptors (Lipinski definition) is 6. The van der Waals surface area contributed by atoms with Gasteiger partial charge in [-0.25, -0.2) is 0 Å². The third-order valence-electron chi connectivity index (χ3n) is 5.42. The normalized spacial score (nSPS) is 18.1. The Balaban J connectivity index is 0.00000341. The average molecular weight is 474 g/mol. The number of nitrogens with zero attached hydrogens (tertiary/aromatic N) is 2. The second kappa shape index (κ2) is 16.4. The molecule has 7 heteroatoms. The maximum atomic E-state index is 3.59. The van der Waals surface area contributed by atoms with Crippen LogP contribution in [0.2, 0.25) is 0 Å². The molecule has 1 fully saturated rings. The minimum absolute atomic E-state index is 0. The van der Waals surface area contributed by atoms with Gasteiger partial charge >= 0.3 is 17.1 Å². The minimum atomic E-state index is 0. The smallest absolute Gasteiger partial charge is 0.303 e. The van der Waals surface area contributed by atoms with Gasteiger partial charge in [0.05, 0.1) is 0 Å². The summed E-state index contributed by atoms with van der Waals surface area (Å²) in [5, 5.41) is 14.4. The van der Waals surface area contributed by atoms with Crippen LogP contribution < -0.4 is 21.3 Å². The molecule has 4 N–H and O–H groups in total. The van der Waals surface area contributed by atoms with Gasteiger partial charge in [-0.2, -0.15) is 0 Å². The molecule has 6 nitrogen and oxygen atoms in total. The first-order valence-electron chi connectivity index (χ1n) is 11.3. The van der Waals surface area contributed by atoms with Crippen LogP contribution in [-0.2, 0) is 29.9 Å². The standard InChI is InChI=1S/C24H38N6.Cu/c1-3-7-23(8-4-1)11-17-29-19-25-13-15-27-21-30(22-28-16-14-26-20-29)18-12-24-9-5-2-6-10-24;/h1-10,25-28H,11-22H2;/q;+2. The maximum Gasteiger partial charge on any atom is 2.00 e. The summed E-state index contributed by atoms with van der Waals surface area (Å²) in [7, 11) is 0. The molecule has 2 aromatic rings. The van der Waals surface area contributed by atoms with E-state index in [1.54, 1.807) is 0 Å². The van der Waals surface area contributed by atoms with Gasteiger partial charge in [-0.15, -0.1) is 0 Å². The summed E-state index contributed by atoms with van der Waals surface area (Å²) in [4.78, 5) is 4.90. The molecule has 173 valence electrons. The molecular formula is C24H38CuN6+2. The summed E-state index contributed by atoms with van der Waals surface area (Å²) in [6.07, 6.45) is 2.16. The van der Waals surface area contributed by atoms with Gasteiger partial charge in [0.25, 0.3) is 0 Å². The van der Waals surface area contributed by atoms with Crippen molar-refractivity contribution in [3.05, 3.63) is 71.8 Å². The van der Waals surface area contributed by atoms with Crippen LogP contribution in [0.1, 0.15) is 11.1 Å². The van der Waals surface area contributed by atoms with Gasteiger partial charge in [-0.05, 0) is 24.0 Å². The molecule has 1 aliphatic heterocycles. The Morgan fingerprint density at radius 2 is 0.839 bits per heavy atom. The zero-order valence-corrected chi connectivity index (χ0v) is 19.4. The Kier molecular flexibility index (Phi) is 13.7. The Morgan fingerprint density at radius 3 is 1.16 bits per heavy atom. The second-order valence-corrected chi connectivity index (χ2v) is 7.89. The van der Waals surface area contributed by atoms with Crippen LogP contribution in [0.25, 0.3) is 0 Å². The molecule has 0 spiro atoms. The van der Waals surface area contributed by atoms with Crippen molar-refractivity contribution in [2.75, 3.05) is 65.9 Å². The van der Waals surface area contributed by atoms with E-state index in [4.69, 9.17) is 0 Å². The monoisotopic (exact) mass is 473 g/mol. The molecule has 0 saturated carbocycles. The summed E-state index contributed by atoms with van der Waals surface area (Å²) < 4.78 is 0. The SMILES string of the molecule is [Cu+2].c1ccc(CCN2CNCCNCN(CCc3ccccc3)CNCCNC2)cc1. The van der Waals surface area contributed by atoms with Crippen molar-refractivity contribution in [2.45, 2.75) is 12.8 Å². The van der Waals surface area contributed by atoms with Crippen LogP contribution in [0.5, 0.6) is 0 Å². The van der Waals surface area contributed by atoms with Crippen molar-refractivity contribution in [3.63, 3.8) is 0 Å². The Bertz CT molecular complexity index is 597. The molecule has 1 radical (unpaired) electrons. The van der Waals surface area contributed by atoms with Crippen LogP contribution in [-0.4, -0.2) is 75.7 Å². The predicted octanol–water partition coefficient (Wildman–Crippen LogP) is 1.28. The molecule has 1 saturated heterocycles. The van der Waals surface area contributed by atoms with E-state index in [1.165, 1.54) is 11.1 Å². The molecule has 0 bridgehead atoms. The van der Waals surface area contributed by atoms with Gasteiger partial charge in [0.1, 0.15) is 0 Å². The molecule has 3 rings (SSSR count). The van der Waals surface area contributed by atoms with Crippen molar-refractivity contribution in [1.82, 2.24) is 31.1 Å². The van der Waals surface area contributed by atoms with Crippen molar-refractivity contribution in [1.29, 1.82) is 0 Å². The Hall–Kier alpha value is -1.28. The summed E-state index contributed by atoms with van der Waals surface area (Å²) in [6, 6.07) is 21.5. The van der Waals surface area contributed by atoms with Gasteiger partial charge in [-0.3, -0.25) is 9.80 Å². The van der Waals surface area contributed by atoms with E-state index in [0.717, 1.165) is 78.8 Å². The molecule has 0 amide bonds. The van der Waals surface area contributed by atoms with Crippen molar-refractivity contribution >= 4 is 0 Å². The Morgan fingerprint density at radius 1 is 0.516 bits per heavy atom. The largest absolute Gasteiger partial charge is 2.00 e. The van der Waals surface area contributed by atoms with Crippen molar-refractivity contribution < 1.29 is 17.1 Å². The van der Waals surface area contributed by atoms with E-state index >= 15 is 0 Å². The summed E-state index contributed by atoms with van der Waals surface area (Å²) in [6.45, 7) is 9.64. The molecule has 1 aliphatic rings. The molecule has 2 aromatic carbocycles. The molecule has 31 heavy (non-hydrogen) atoms. The zero-order chi connectivity index (χ0) is 20.7. The molecule has 0 aliphatic carbocycles. The van der Waals surface area contributed by atoms with E-state index in [0.29, 0.717) is 0 Å². The van der Waals surface area contributed by atoms with Gasteiger partial charge in [0.15, 0.2) is 0 Å². The van der Waals surface area contributed by atoms with Crippen molar-refractivity contribution in [3.8, 4) is 0 Å². The molecular weight excluding hydrogens is 436 g/mol. The molecule has 1 heterocycles. The first kappa shape index (κ1) is 26.0. The zero-order valence-electron chi connectivity index (χ0n) is 18.5. The number of hydrogen-bond donors (Lipinski definition) is 4. The van der Waals surface area contributed by atoms with E-state index < -0.39 is 0 Å². The molecule has 0 unspecified atom stereocenters. The number of nitrogens with one attached hydrogen (secondary N) is 4. The van der Waals surface area contributed by atoms with Gasteiger partial charge in [0.2, 0.25) is 0 Å². The van der Waals surface area contributed by atoms with Crippen LogP contribution in [0.15, 0.2) is 60.7 Å². The fourth-order valence-corrected chi connectivity index (χ4v) is 3.59. The van der Waals surface area contributed by atoms with Crippen LogP contribution in [0.4, 0.5) is 0 Å². The fourth-order valence-electron chi connectivity index (χ4n) is 3.59. The third kappa shape index (κ3) is 11.2. The molecule has 0 atom stereocenters. The minimum Gasteiger partial charge on any atom is -0.303 e. The third-order valence-corrected chi connectivity index (χ3v) is 5.42. The first-order valence-corrected chi connectivity index (χ1v) is 11.3. The average Bonchev–Trinajstić information content (AvgIpc) is 2.80. The number of rotatable bonds is 6. The summed E-state index contributed by atoms with van der Waals surface area (Å²) in [5.74, 6) is 0. The van der Waals surface area contributed by atoms with Gasteiger partial charge < -0.3 is 21.3 Å². The van der Waals surface area contributed by atoms with Gasteiger partial charge in [0, 0.05) is 65.9 Å². The first-order chi connectivity index (χ1) is 14.9. The second-order valence-electron chi connectivity index (χ2n) is 7.89. The summed E-state index contributed by atoms with van der Waals surface area (Å²) in [5.41, 5.74) is 2.80. The fraction of sp³-hybridized carbons (Fsp3) is 0.500. The summed E-state index contributed by atoms with van der Waals surface area (Å²) >= 11 is 0. The van der Waals surface area contributed by atoms with Crippen molar-refractivity contribution in [2.24, 2.45) is 0 Å². The van der Waals surface area contributed by atoms with Crippen LogP contribution in [0, 0.1) is 0 Å². The predicted molar refractivity (Wildman–Crippen MR) is 125 cm³/mol. The van der Waals surface area contributed by atoms with Crippen LogP contribution >= 0.6 is 0 Å². The topological polar surface area (TPSA) is 54.6 Å².